The fourth-order valence-electron chi connectivity index (χ4n) is 3.46. The van der Waals surface area contributed by atoms with E-state index < -0.39 is 0 Å². The Labute approximate surface area is 154 Å². The Morgan fingerprint density at radius 3 is 2.50 bits per heavy atom. The van der Waals surface area contributed by atoms with Gasteiger partial charge < -0.3 is 15.2 Å². The lowest BCUT2D eigenvalue weighted by Gasteiger charge is -2.34. The summed E-state index contributed by atoms with van der Waals surface area (Å²) >= 11 is 0. The van der Waals surface area contributed by atoms with Crippen LogP contribution < -0.4 is 5.32 Å². The number of piperazine rings is 1. The Morgan fingerprint density at radius 2 is 1.85 bits per heavy atom. The summed E-state index contributed by atoms with van der Waals surface area (Å²) in [7, 11) is 0. The van der Waals surface area contributed by atoms with Crippen molar-refractivity contribution in [3.05, 3.63) is 35.0 Å². The standard InChI is InChI=1S/C20H28N4O2/c1-13(2)21-19(25)12-23-7-9-24(10-8-23)20(26)16-5-6-18-17(11-16)14(3)15(4)22-18/h5-6,11,13,22H,7-10,12H2,1-4H3,(H,21,25). The second-order valence-electron chi connectivity index (χ2n) is 7.43. The number of hydrogen-bond acceptors (Lipinski definition) is 3. The minimum Gasteiger partial charge on any atom is -0.358 e. The third-order valence-corrected chi connectivity index (χ3v) is 5.03. The first-order valence-electron chi connectivity index (χ1n) is 9.25. The van der Waals surface area contributed by atoms with Crippen LogP contribution >= 0.6 is 0 Å². The van der Waals surface area contributed by atoms with Crippen LogP contribution in [-0.2, 0) is 4.79 Å². The molecule has 140 valence electrons. The van der Waals surface area contributed by atoms with E-state index in [9.17, 15) is 9.59 Å². The van der Waals surface area contributed by atoms with Crippen LogP contribution in [-0.4, -0.2) is 65.4 Å². The average molecular weight is 356 g/mol. The number of amides is 2. The molecule has 1 aromatic heterocycles. The maximum atomic E-state index is 12.9. The van der Waals surface area contributed by atoms with Crippen molar-refractivity contribution in [1.29, 1.82) is 0 Å². The lowest BCUT2D eigenvalue weighted by Crippen LogP contribution is -2.51. The molecule has 1 aliphatic heterocycles. The van der Waals surface area contributed by atoms with Crippen molar-refractivity contribution in [2.75, 3.05) is 32.7 Å². The van der Waals surface area contributed by atoms with Crippen LogP contribution in [0.1, 0.15) is 35.5 Å². The van der Waals surface area contributed by atoms with E-state index in [2.05, 4.69) is 22.1 Å². The number of benzene rings is 1. The first-order chi connectivity index (χ1) is 12.3. The molecule has 2 amide bonds. The maximum absolute atomic E-state index is 12.9. The van der Waals surface area contributed by atoms with Gasteiger partial charge in [0.15, 0.2) is 0 Å². The largest absolute Gasteiger partial charge is 0.358 e. The molecule has 6 heteroatoms. The molecule has 2 aromatic rings. The highest BCUT2D eigenvalue weighted by Gasteiger charge is 2.23. The van der Waals surface area contributed by atoms with Gasteiger partial charge in [0.2, 0.25) is 5.91 Å². The number of fused-ring (bicyclic) bond motifs is 1. The van der Waals surface area contributed by atoms with Crippen LogP contribution in [0, 0.1) is 13.8 Å². The number of nitrogens with zero attached hydrogens (tertiary/aromatic N) is 2. The Kier molecular flexibility index (Phi) is 5.32. The Morgan fingerprint density at radius 1 is 1.15 bits per heavy atom. The zero-order chi connectivity index (χ0) is 18.8. The van der Waals surface area contributed by atoms with Gasteiger partial charge in [0.05, 0.1) is 6.54 Å². The van der Waals surface area contributed by atoms with Crippen molar-refractivity contribution >= 4 is 22.7 Å². The van der Waals surface area contributed by atoms with Gasteiger partial charge in [-0.2, -0.15) is 0 Å². The second-order valence-corrected chi connectivity index (χ2v) is 7.43. The molecule has 26 heavy (non-hydrogen) atoms. The third-order valence-electron chi connectivity index (χ3n) is 5.03. The lowest BCUT2D eigenvalue weighted by atomic mass is 10.1. The van der Waals surface area contributed by atoms with Gasteiger partial charge in [-0.15, -0.1) is 0 Å². The Balaban J connectivity index is 1.62. The van der Waals surface area contributed by atoms with Gasteiger partial charge in [0.25, 0.3) is 5.91 Å². The fraction of sp³-hybridized carbons (Fsp3) is 0.500. The molecule has 0 radical (unpaired) electrons. The fourth-order valence-corrected chi connectivity index (χ4v) is 3.46. The van der Waals surface area contributed by atoms with Gasteiger partial charge in [-0.1, -0.05) is 0 Å². The molecule has 2 heterocycles. The average Bonchev–Trinajstić information content (AvgIpc) is 2.88. The highest BCUT2D eigenvalue weighted by Crippen LogP contribution is 2.23. The summed E-state index contributed by atoms with van der Waals surface area (Å²) in [5.74, 6) is 0.111. The molecule has 1 saturated heterocycles. The van der Waals surface area contributed by atoms with Gasteiger partial charge in [0.1, 0.15) is 0 Å². The smallest absolute Gasteiger partial charge is 0.253 e. The number of aromatic nitrogens is 1. The van der Waals surface area contributed by atoms with Crippen LogP contribution in [0.4, 0.5) is 0 Å². The predicted octanol–water partition coefficient (Wildman–Crippen LogP) is 2.07. The number of nitrogens with one attached hydrogen (secondary N) is 2. The van der Waals surface area contributed by atoms with Gasteiger partial charge in [0, 0.05) is 54.4 Å². The van der Waals surface area contributed by atoms with Gasteiger partial charge in [-0.3, -0.25) is 14.5 Å². The number of H-pyrrole nitrogens is 1. The van der Waals surface area contributed by atoms with Crippen LogP contribution in [0.5, 0.6) is 0 Å². The summed E-state index contributed by atoms with van der Waals surface area (Å²) in [6.45, 7) is 11.2. The SMILES string of the molecule is Cc1[nH]c2ccc(C(=O)N3CCN(CC(=O)NC(C)C)CC3)cc2c1C. The normalized spacial score (nSPS) is 15.7. The molecular weight excluding hydrogens is 328 g/mol. The number of hydrogen-bond donors (Lipinski definition) is 2. The first-order valence-corrected chi connectivity index (χ1v) is 9.25. The minimum atomic E-state index is 0.0449. The molecule has 6 nitrogen and oxygen atoms in total. The molecule has 0 aliphatic carbocycles. The molecule has 1 aromatic carbocycles. The minimum absolute atomic E-state index is 0.0449. The first kappa shape index (κ1) is 18.5. The topological polar surface area (TPSA) is 68.4 Å². The molecule has 2 N–H and O–H groups in total. The molecule has 0 atom stereocenters. The van der Waals surface area contributed by atoms with Crippen LogP contribution in [0.15, 0.2) is 18.2 Å². The predicted molar refractivity (Wildman–Crippen MR) is 103 cm³/mol. The third kappa shape index (κ3) is 3.90. The molecule has 1 fully saturated rings. The zero-order valence-electron chi connectivity index (χ0n) is 16.1. The van der Waals surface area contributed by atoms with Crippen molar-refractivity contribution in [2.45, 2.75) is 33.7 Å². The molecule has 0 unspecified atom stereocenters. The van der Waals surface area contributed by atoms with E-state index in [4.69, 9.17) is 0 Å². The highest BCUT2D eigenvalue weighted by molar-refractivity contribution is 5.99. The van der Waals surface area contributed by atoms with Gasteiger partial charge in [-0.05, 0) is 51.5 Å². The zero-order valence-corrected chi connectivity index (χ0v) is 16.1. The van der Waals surface area contributed by atoms with E-state index in [-0.39, 0.29) is 17.9 Å². The van der Waals surface area contributed by atoms with E-state index in [1.165, 1.54) is 5.56 Å². The van der Waals surface area contributed by atoms with Crippen molar-refractivity contribution in [3.8, 4) is 0 Å². The van der Waals surface area contributed by atoms with Crippen molar-refractivity contribution in [3.63, 3.8) is 0 Å². The van der Waals surface area contributed by atoms with Crippen molar-refractivity contribution in [2.24, 2.45) is 0 Å². The van der Waals surface area contributed by atoms with E-state index >= 15 is 0 Å². The number of aryl methyl sites for hydroxylation is 2. The van der Waals surface area contributed by atoms with Crippen LogP contribution in [0.25, 0.3) is 10.9 Å². The van der Waals surface area contributed by atoms with Gasteiger partial charge in [-0.25, -0.2) is 0 Å². The van der Waals surface area contributed by atoms with E-state index in [1.54, 1.807) is 0 Å². The summed E-state index contributed by atoms with van der Waals surface area (Å²) < 4.78 is 0. The summed E-state index contributed by atoms with van der Waals surface area (Å²) in [5.41, 5.74) is 4.12. The maximum Gasteiger partial charge on any atom is 0.253 e. The van der Waals surface area contributed by atoms with E-state index in [0.29, 0.717) is 19.6 Å². The molecule has 0 saturated carbocycles. The molecule has 1 aliphatic rings. The summed E-state index contributed by atoms with van der Waals surface area (Å²) in [5, 5.41) is 4.02. The molecule has 0 spiro atoms. The number of carbonyl (C=O) groups is 2. The van der Waals surface area contributed by atoms with E-state index in [1.807, 2.05) is 43.9 Å². The van der Waals surface area contributed by atoms with E-state index in [0.717, 1.165) is 35.2 Å². The second kappa shape index (κ2) is 7.50. The Hall–Kier alpha value is -2.34. The summed E-state index contributed by atoms with van der Waals surface area (Å²) in [6, 6.07) is 6.01. The van der Waals surface area contributed by atoms with Crippen LogP contribution in [0.3, 0.4) is 0 Å². The molecule has 0 bridgehead atoms. The molecule has 3 rings (SSSR count). The molecular formula is C20H28N4O2. The van der Waals surface area contributed by atoms with Gasteiger partial charge >= 0.3 is 0 Å². The van der Waals surface area contributed by atoms with Crippen molar-refractivity contribution in [1.82, 2.24) is 20.1 Å². The van der Waals surface area contributed by atoms with Crippen molar-refractivity contribution < 1.29 is 9.59 Å². The lowest BCUT2D eigenvalue weighted by molar-refractivity contribution is -0.123. The highest BCUT2D eigenvalue weighted by atomic mass is 16.2. The number of aromatic amines is 1. The summed E-state index contributed by atoms with van der Waals surface area (Å²) in [4.78, 5) is 32.1. The number of rotatable bonds is 4. The monoisotopic (exact) mass is 356 g/mol. The quantitative estimate of drug-likeness (QED) is 0.881. The Bertz CT molecular complexity index is 817. The van der Waals surface area contributed by atoms with Crippen LogP contribution in [0.2, 0.25) is 0 Å². The summed E-state index contributed by atoms with van der Waals surface area (Å²) in [6.07, 6.45) is 0. The number of carbonyl (C=O) groups excluding carboxylic acids is 2.